The number of nitrogens with zero attached hydrogens (tertiary/aromatic N) is 1. The molecule has 2 aromatic rings. The Balaban J connectivity index is 1.51. The van der Waals surface area contributed by atoms with Crippen molar-refractivity contribution >= 4 is 46.7 Å². The predicted molar refractivity (Wildman–Crippen MR) is 121 cm³/mol. The summed E-state index contributed by atoms with van der Waals surface area (Å²) in [5, 5.41) is 3.95. The van der Waals surface area contributed by atoms with E-state index in [1.54, 1.807) is 30.1 Å². The smallest absolute Gasteiger partial charge is 0.279 e. The van der Waals surface area contributed by atoms with E-state index in [4.69, 9.17) is 21.1 Å². The maximum absolute atomic E-state index is 11.8. The van der Waals surface area contributed by atoms with Gasteiger partial charge in [0.05, 0.1) is 16.5 Å². The molecule has 1 atom stereocenters. The number of carbonyl (C=O) groups excluding carboxylic acids is 1. The lowest BCUT2D eigenvalue weighted by atomic mass is 10.3. The van der Waals surface area contributed by atoms with Crippen LogP contribution in [0, 0.1) is 5.92 Å². The van der Waals surface area contributed by atoms with Crippen LogP contribution in [0.25, 0.3) is 6.08 Å². The number of aromatic nitrogens is 1. The lowest BCUT2D eigenvalue weighted by molar-refractivity contribution is -0.120. The SMILES string of the molecule is CSCCC(=O)N[C@@H](C)C=Cc1cnc(Oc2ccc(OCC3CC3)cc2Cl)s1. The summed E-state index contributed by atoms with van der Waals surface area (Å²) in [4.78, 5) is 17.0. The number of nitrogens with one attached hydrogen (secondary N) is 1. The first-order valence-electron chi connectivity index (χ1n) is 9.56. The van der Waals surface area contributed by atoms with Crippen molar-refractivity contribution in [3.05, 3.63) is 40.4 Å². The topological polar surface area (TPSA) is 60.5 Å². The Kier molecular flexibility index (Phi) is 8.27. The van der Waals surface area contributed by atoms with Crippen molar-refractivity contribution in [3.8, 4) is 16.7 Å². The van der Waals surface area contributed by atoms with Gasteiger partial charge < -0.3 is 14.8 Å². The molecule has 0 spiro atoms. The molecule has 156 valence electrons. The van der Waals surface area contributed by atoms with E-state index in [1.165, 1.54) is 24.2 Å². The lowest BCUT2D eigenvalue weighted by Gasteiger charge is -2.09. The van der Waals surface area contributed by atoms with Gasteiger partial charge >= 0.3 is 0 Å². The van der Waals surface area contributed by atoms with Crippen molar-refractivity contribution in [1.29, 1.82) is 0 Å². The van der Waals surface area contributed by atoms with Gasteiger partial charge in [-0.3, -0.25) is 4.79 Å². The Morgan fingerprint density at radius 1 is 1.48 bits per heavy atom. The molecule has 1 aliphatic carbocycles. The maximum atomic E-state index is 11.8. The summed E-state index contributed by atoms with van der Waals surface area (Å²) in [6.45, 7) is 2.69. The summed E-state index contributed by atoms with van der Waals surface area (Å²) in [5.41, 5.74) is 0. The fourth-order valence-corrected chi connectivity index (χ4v) is 3.74. The molecule has 0 radical (unpaired) electrons. The van der Waals surface area contributed by atoms with Crippen molar-refractivity contribution in [2.45, 2.75) is 32.2 Å². The normalized spacial score (nSPS) is 14.7. The van der Waals surface area contributed by atoms with Gasteiger partial charge in [0.1, 0.15) is 11.5 Å². The zero-order valence-electron chi connectivity index (χ0n) is 16.5. The molecule has 1 saturated carbocycles. The van der Waals surface area contributed by atoms with Crippen LogP contribution in [0.4, 0.5) is 0 Å². The van der Waals surface area contributed by atoms with E-state index in [2.05, 4.69) is 10.3 Å². The molecule has 0 bridgehead atoms. The molecule has 1 heterocycles. The zero-order valence-corrected chi connectivity index (χ0v) is 18.9. The minimum absolute atomic E-state index is 0.0477. The summed E-state index contributed by atoms with van der Waals surface area (Å²) in [6, 6.07) is 5.39. The van der Waals surface area contributed by atoms with Gasteiger partial charge in [0.15, 0.2) is 0 Å². The Morgan fingerprint density at radius 2 is 2.31 bits per heavy atom. The number of hydrogen-bond donors (Lipinski definition) is 1. The van der Waals surface area contributed by atoms with E-state index in [-0.39, 0.29) is 11.9 Å². The van der Waals surface area contributed by atoms with E-state index < -0.39 is 0 Å². The first kappa shape index (κ1) is 22.0. The second-order valence-electron chi connectivity index (χ2n) is 6.94. The molecular weight excluding hydrogens is 428 g/mol. The second-order valence-corrected chi connectivity index (χ2v) is 9.35. The highest BCUT2D eigenvalue weighted by atomic mass is 35.5. The van der Waals surface area contributed by atoms with Crippen molar-refractivity contribution < 1.29 is 14.3 Å². The molecule has 29 heavy (non-hydrogen) atoms. The van der Waals surface area contributed by atoms with E-state index in [0.717, 1.165) is 23.0 Å². The Hall–Kier alpha value is -1.70. The first-order chi connectivity index (χ1) is 14.0. The van der Waals surface area contributed by atoms with Crippen LogP contribution in [-0.4, -0.2) is 35.5 Å². The number of benzene rings is 1. The molecule has 0 aliphatic heterocycles. The van der Waals surface area contributed by atoms with Crippen LogP contribution in [0.15, 0.2) is 30.5 Å². The van der Waals surface area contributed by atoms with Crippen molar-refractivity contribution in [2.24, 2.45) is 5.92 Å². The summed E-state index contributed by atoms with van der Waals surface area (Å²) >= 11 is 9.39. The number of thioether (sulfide) groups is 1. The number of hydrogen-bond acceptors (Lipinski definition) is 6. The molecule has 0 unspecified atom stereocenters. The lowest BCUT2D eigenvalue weighted by Crippen LogP contribution is -2.31. The van der Waals surface area contributed by atoms with Gasteiger partial charge in [0, 0.05) is 30.5 Å². The van der Waals surface area contributed by atoms with E-state index >= 15 is 0 Å². The molecule has 8 heteroatoms. The monoisotopic (exact) mass is 452 g/mol. The highest BCUT2D eigenvalue weighted by Gasteiger charge is 2.22. The molecule has 1 aliphatic rings. The molecule has 0 saturated heterocycles. The summed E-state index contributed by atoms with van der Waals surface area (Å²) < 4.78 is 11.5. The van der Waals surface area contributed by atoms with Gasteiger partial charge in [-0.25, -0.2) is 4.98 Å². The number of carbonyl (C=O) groups is 1. The standard InChI is InChI=1S/C21H25ClN2O3S2/c1-14(24-20(25)9-10-28-2)3-7-17-12-23-21(29-17)27-19-8-6-16(11-18(19)22)26-13-15-4-5-15/h3,6-8,11-12,14-15H,4-5,9-10,13H2,1-2H3,(H,24,25)/t14-/m0/s1. The third-order valence-corrected chi connectivity index (χ3v) is 6.00. The van der Waals surface area contributed by atoms with E-state index in [9.17, 15) is 4.79 Å². The molecule has 1 amide bonds. The molecule has 1 fully saturated rings. The van der Waals surface area contributed by atoms with Crippen LogP contribution in [0.1, 0.15) is 31.1 Å². The van der Waals surface area contributed by atoms with Gasteiger partial charge in [-0.1, -0.05) is 29.0 Å². The third-order valence-electron chi connectivity index (χ3n) is 4.26. The maximum Gasteiger partial charge on any atom is 0.279 e. The quantitative estimate of drug-likeness (QED) is 0.477. The second kappa shape index (κ2) is 10.9. The molecule has 1 aromatic heterocycles. The molecular formula is C21H25ClN2O3S2. The summed E-state index contributed by atoms with van der Waals surface area (Å²) in [6.07, 6.45) is 10.6. The van der Waals surface area contributed by atoms with Crippen LogP contribution in [0.2, 0.25) is 5.02 Å². The van der Waals surface area contributed by atoms with Crippen LogP contribution in [0.3, 0.4) is 0 Å². The number of rotatable bonds is 11. The third kappa shape index (κ3) is 7.57. The van der Waals surface area contributed by atoms with Gasteiger partial charge in [-0.05, 0) is 50.1 Å². The van der Waals surface area contributed by atoms with E-state index in [1.807, 2.05) is 31.4 Å². The van der Waals surface area contributed by atoms with Gasteiger partial charge in [-0.15, -0.1) is 0 Å². The fourth-order valence-electron chi connectivity index (χ4n) is 2.45. The number of halogens is 1. The van der Waals surface area contributed by atoms with Gasteiger partial charge in [0.2, 0.25) is 5.91 Å². The van der Waals surface area contributed by atoms with Crippen molar-refractivity contribution in [2.75, 3.05) is 18.6 Å². The minimum atomic E-state index is -0.0477. The predicted octanol–water partition coefficient (Wildman–Crippen LogP) is 5.65. The molecule has 3 rings (SSSR count). The van der Waals surface area contributed by atoms with E-state index in [0.29, 0.717) is 28.3 Å². The Labute approximate surface area is 184 Å². The number of thiazole rings is 1. The highest BCUT2D eigenvalue weighted by Crippen LogP contribution is 2.35. The van der Waals surface area contributed by atoms with Crippen LogP contribution >= 0.6 is 34.7 Å². The number of ether oxygens (including phenoxy) is 2. The van der Waals surface area contributed by atoms with Gasteiger partial charge in [-0.2, -0.15) is 11.8 Å². The van der Waals surface area contributed by atoms with Crippen molar-refractivity contribution in [1.82, 2.24) is 10.3 Å². The minimum Gasteiger partial charge on any atom is -0.493 e. The van der Waals surface area contributed by atoms with Crippen LogP contribution in [0.5, 0.6) is 16.7 Å². The molecule has 1 aromatic carbocycles. The average Bonchev–Trinajstić information content (AvgIpc) is 3.42. The summed E-state index contributed by atoms with van der Waals surface area (Å²) in [5.74, 6) is 2.88. The van der Waals surface area contributed by atoms with Crippen LogP contribution < -0.4 is 14.8 Å². The van der Waals surface area contributed by atoms with Crippen molar-refractivity contribution in [3.63, 3.8) is 0 Å². The van der Waals surface area contributed by atoms with Crippen LogP contribution in [-0.2, 0) is 4.79 Å². The Morgan fingerprint density at radius 3 is 3.03 bits per heavy atom. The molecule has 1 N–H and O–H groups in total. The fraction of sp³-hybridized carbons (Fsp3) is 0.429. The zero-order chi connectivity index (χ0) is 20.6. The van der Waals surface area contributed by atoms with Gasteiger partial charge in [0.25, 0.3) is 5.19 Å². The highest BCUT2D eigenvalue weighted by molar-refractivity contribution is 7.98. The Bertz CT molecular complexity index is 852. The first-order valence-corrected chi connectivity index (χ1v) is 12.1. The summed E-state index contributed by atoms with van der Waals surface area (Å²) in [7, 11) is 0. The largest absolute Gasteiger partial charge is 0.493 e. The average molecular weight is 453 g/mol. The number of amides is 1. The molecule has 5 nitrogen and oxygen atoms in total.